The van der Waals surface area contributed by atoms with Gasteiger partial charge in [-0.05, 0) is 43.2 Å². The average molecular weight is 271 g/mol. The highest BCUT2D eigenvalue weighted by Crippen LogP contribution is 2.21. The third-order valence-corrected chi connectivity index (χ3v) is 2.85. The second-order valence-electron chi connectivity index (χ2n) is 4.49. The fourth-order valence-corrected chi connectivity index (χ4v) is 1.72. The van der Waals surface area contributed by atoms with E-state index in [1.165, 1.54) is 12.7 Å². The molecule has 0 unspecified atom stereocenters. The number of pyridine rings is 1. The zero-order valence-electron chi connectivity index (χ0n) is 11.7. The fraction of sp³-hybridized carbons (Fsp3) is 0.200. The minimum atomic E-state index is -0.512. The molecule has 1 aromatic heterocycles. The molecule has 0 aliphatic rings. The predicted molar refractivity (Wildman–Crippen MR) is 79.5 cm³/mol. The monoisotopic (exact) mass is 271 g/mol. The zero-order valence-corrected chi connectivity index (χ0v) is 11.7. The summed E-state index contributed by atoms with van der Waals surface area (Å²) < 4.78 is 4.52. The van der Waals surface area contributed by atoms with Gasteiger partial charge in [0.2, 0.25) is 0 Å². The highest BCUT2D eigenvalue weighted by Gasteiger charge is 2.03. The second-order valence-corrected chi connectivity index (χ2v) is 4.49. The summed E-state index contributed by atoms with van der Waals surface area (Å²) in [6.45, 7) is 4.08. The van der Waals surface area contributed by atoms with Crippen LogP contribution in [-0.2, 0) is 4.74 Å². The first kappa shape index (κ1) is 13.9. The normalized spacial score (nSPS) is 9.95. The summed E-state index contributed by atoms with van der Waals surface area (Å²) in [5, 5.41) is 5.80. The maximum Gasteiger partial charge on any atom is 0.411 e. The van der Waals surface area contributed by atoms with Gasteiger partial charge in [-0.15, -0.1) is 0 Å². The molecule has 1 aromatic carbocycles. The predicted octanol–water partition coefficient (Wildman–Crippen LogP) is 3.62. The van der Waals surface area contributed by atoms with Crippen LogP contribution in [-0.4, -0.2) is 18.2 Å². The van der Waals surface area contributed by atoms with Crippen LogP contribution in [0.1, 0.15) is 11.1 Å². The van der Waals surface area contributed by atoms with Gasteiger partial charge in [-0.3, -0.25) is 5.32 Å². The van der Waals surface area contributed by atoms with E-state index in [0.717, 1.165) is 11.3 Å². The van der Waals surface area contributed by atoms with E-state index in [-0.39, 0.29) is 0 Å². The number of nitrogens with zero attached hydrogens (tertiary/aromatic N) is 1. The SMILES string of the molecule is COC(=O)Nc1ccc(Nc2cc(C)ccc2C)nc1. The number of amides is 1. The number of hydrogen-bond donors (Lipinski definition) is 2. The lowest BCUT2D eigenvalue weighted by atomic mass is 10.1. The van der Waals surface area contributed by atoms with Gasteiger partial charge < -0.3 is 10.1 Å². The Balaban J connectivity index is 2.10. The number of aryl methyl sites for hydroxylation is 2. The molecule has 1 heterocycles. The number of ether oxygens (including phenoxy) is 1. The Morgan fingerprint density at radius 3 is 2.65 bits per heavy atom. The molecule has 20 heavy (non-hydrogen) atoms. The van der Waals surface area contributed by atoms with Crippen molar-refractivity contribution in [2.75, 3.05) is 17.7 Å². The van der Waals surface area contributed by atoms with Gasteiger partial charge in [0.05, 0.1) is 19.0 Å². The van der Waals surface area contributed by atoms with E-state index in [1.54, 1.807) is 18.3 Å². The molecule has 0 saturated heterocycles. The quantitative estimate of drug-likeness (QED) is 0.895. The summed E-state index contributed by atoms with van der Waals surface area (Å²) in [7, 11) is 1.32. The molecule has 1 amide bonds. The molecule has 104 valence electrons. The van der Waals surface area contributed by atoms with Crippen LogP contribution in [0.5, 0.6) is 0 Å². The molecule has 0 spiro atoms. The summed E-state index contributed by atoms with van der Waals surface area (Å²) in [5.41, 5.74) is 3.94. The lowest BCUT2D eigenvalue weighted by Gasteiger charge is -2.10. The molecule has 0 bridgehead atoms. The number of rotatable bonds is 3. The number of aromatic nitrogens is 1. The van der Waals surface area contributed by atoms with Crippen LogP contribution in [0, 0.1) is 13.8 Å². The smallest absolute Gasteiger partial charge is 0.411 e. The lowest BCUT2D eigenvalue weighted by molar-refractivity contribution is 0.187. The third-order valence-electron chi connectivity index (χ3n) is 2.85. The van der Waals surface area contributed by atoms with E-state index < -0.39 is 6.09 Å². The Labute approximate surface area is 118 Å². The molecular weight excluding hydrogens is 254 g/mol. The maximum absolute atomic E-state index is 11.1. The molecule has 2 aromatic rings. The molecule has 2 N–H and O–H groups in total. The topological polar surface area (TPSA) is 63.2 Å². The van der Waals surface area contributed by atoms with Crippen LogP contribution in [0.15, 0.2) is 36.5 Å². The first-order valence-corrected chi connectivity index (χ1v) is 6.24. The third kappa shape index (κ3) is 3.47. The number of carbonyl (C=O) groups excluding carboxylic acids is 1. The van der Waals surface area contributed by atoms with Crippen molar-refractivity contribution in [1.29, 1.82) is 0 Å². The van der Waals surface area contributed by atoms with Crippen molar-refractivity contribution in [3.8, 4) is 0 Å². The lowest BCUT2D eigenvalue weighted by Crippen LogP contribution is -2.11. The van der Waals surface area contributed by atoms with Crippen molar-refractivity contribution in [2.24, 2.45) is 0 Å². The number of benzene rings is 1. The molecule has 0 saturated carbocycles. The molecule has 0 aliphatic carbocycles. The minimum absolute atomic E-state index is 0.512. The first-order valence-electron chi connectivity index (χ1n) is 6.24. The van der Waals surface area contributed by atoms with E-state index in [4.69, 9.17) is 0 Å². The fourth-order valence-electron chi connectivity index (χ4n) is 1.72. The largest absolute Gasteiger partial charge is 0.453 e. The van der Waals surface area contributed by atoms with Crippen molar-refractivity contribution in [3.05, 3.63) is 47.7 Å². The van der Waals surface area contributed by atoms with Crippen LogP contribution in [0.4, 0.5) is 22.0 Å². The minimum Gasteiger partial charge on any atom is -0.453 e. The number of nitrogens with one attached hydrogen (secondary N) is 2. The molecule has 5 nitrogen and oxygen atoms in total. The molecule has 0 aliphatic heterocycles. The van der Waals surface area contributed by atoms with E-state index in [1.807, 2.05) is 13.8 Å². The number of carbonyl (C=O) groups is 1. The summed E-state index contributed by atoms with van der Waals surface area (Å²) >= 11 is 0. The van der Waals surface area contributed by atoms with Gasteiger partial charge in [0.25, 0.3) is 0 Å². The molecule has 0 atom stereocenters. The number of methoxy groups -OCH3 is 1. The van der Waals surface area contributed by atoms with Crippen LogP contribution in [0.25, 0.3) is 0 Å². The molecule has 0 radical (unpaired) electrons. The van der Waals surface area contributed by atoms with Gasteiger partial charge in [-0.1, -0.05) is 12.1 Å². The Hall–Kier alpha value is -2.56. The first-order chi connectivity index (χ1) is 9.58. The highest BCUT2D eigenvalue weighted by molar-refractivity contribution is 5.84. The van der Waals surface area contributed by atoms with Gasteiger partial charge in [0, 0.05) is 5.69 Å². The van der Waals surface area contributed by atoms with Gasteiger partial charge in [-0.2, -0.15) is 0 Å². The van der Waals surface area contributed by atoms with Gasteiger partial charge in [-0.25, -0.2) is 9.78 Å². The summed E-state index contributed by atoms with van der Waals surface area (Å²) in [6.07, 6.45) is 1.06. The van der Waals surface area contributed by atoms with Crippen molar-refractivity contribution in [1.82, 2.24) is 4.98 Å². The summed E-state index contributed by atoms with van der Waals surface area (Å²) in [4.78, 5) is 15.3. The highest BCUT2D eigenvalue weighted by atomic mass is 16.5. The number of hydrogen-bond acceptors (Lipinski definition) is 4. The Kier molecular flexibility index (Phi) is 4.20. The van der Waals surface area contributed by atoms with Crippen molar-refractivity contribution in [2.45, 2.75) is 13.8 Å². The van der Waals surface area contributed by atoms with E-state index >= 15 is 0 Å². The van der Waals surface area contributed by atoms with Gasteiger partial charge in [0.1, 0.15) is 5.82 Å². The van der Waals surface area contributed by atoms with Crippen LogP contribution in [0.2, 0.25) is 0 Å². The second kappa shape index (κ2) is 6.06. The average Bonchev–Trinajstić information content (AvgIpc) is 2.45. The molecular formula is C15H17N3O2. The standard InChI is InChI=1S/C15H17N3O2/c1-10-4-5-11(2)13(8-10)18-14-7-6-12(9-16-14)17-15(19)20-3/h4-9H,1-3H3,(H,16,18)(H,17,19). The molecule has 5 heteroatoms. The molecule has 2 rings (SSSR count). The summed E-state index contributed by atoms with van der Waals surface area (Å²) in [5.74, 6) is 0.717. The van der Waals surface area contributed by atoms with Crippen LogP contribution in [0.3, 0.4) is 0 Å². The van der Waals surface area contributed by atoms with Gasteiger partial charge in [0.15, 0.2) is 0 Å². The Morgan fingerprint density at radius 1 is 1.20 bits per heavy atom. The van der Waals surface area contributed by atoms with E-state index in [2.05, 4.69) is 38.6 Å². The van der Waals surface area contributed by atoms with Crippen LogP contribution >= 0.6 is 0 Å². The van der Waals surface area contributed by atoms with Crippen molar-refractivity contribution in [3.63, 3.8) is 0 Å². The van der Waals surface area contributed by atoms with Crippen molar-refractivity contribution >= 4 is 23.3 Å². The number of anilines is 3. The summed E-state index contributed by atoms with van der Waals surface area (Å²) in [6, 6.07) is 9.75. The van der Waals surface area contributed by atoms with Gasteiger partial charge >= 0.3 is 6.09 Å². The van der Waals surface area contributed by atoms with Crippen LogP contribution < -0.4 is 10.6 Å². The maximum atomic E-state index is 11.1. The van der Waals surface area contributed by atoms with Crippen molar-refractivity contribution < 1.29 is 9.53 Å². The Bertz CT molecular complexity index is 609. The van der Waals surface area contributed by atoms with E-state index in [0.29, 0.717) is 11.5 Å². The molecule has 0 fully saturated rings. The van der Waals surface area contributed by atoms with E-state index in [9.17, 15) is 4.79 Å². The zero-order chi connectivity index (χ0) is 14.5. The Morgan fingerprint density at radius 2 is 2.00 bits per heavy atom.